The molecule has 1 amide bonds. The molecule has 1 aliphatic rings. The number of carbonyl (C=O) groups excluding carboxylic acids is 1. The van der Waals surface area contributed by atoms with E-state index >= 15 is 0 Å². The average Bonchev–Trinajstić information content (AvgIpc) is 2.56. The number of anilines is 1. The van der Waals surface area contributed by atoms with Crippen LogP contribution >= 0.6 is 11.6 Å². The third kappa shape index (κ3) is 4.10. The molecule has 1 unspecified atom stereocenters. The number of likely N-dealkylation sites (N-methyl/N-ethyl adjacent to an activating group) is 1. The summed E-state index contributed by atoms with van der Waals surface area (Å²) in [6.07, 6.45) is 0.0427. The SMILES string of the molecule is CN1CCOC(c2cccc(NC(=O)c3ccc(Cl)cc3)c2)C1. The second-order valence-electron chi connectivity index (χ2n) is 5.71. The van der Waals surface area contributed by atoms with Gasteiger partial charge in [0.2, 0.25) is 0 Å². The van der Waals surface area contributed by atoms with E-state index in [4.69, 9.17) is 16.3 Å². The van der Waals surface area contributed by atoms with Gasteiger partial charge >= 0.3 is 0 Å². The summed E-state index contributed by atoms with van der Waals surface area (Å²) >= 11 is 5.85. The number of carbonyl (C=O) groups is 1. The normalized spacial score (nSPS) is 18.6. The molecule has 5 heteroatoms. The van der Waals surface area contributed by atoms with Gasteiger partial charge in [-0.25, -0.2) is 0 Å². The van der Waals surface area contributed by atoms with Crippen LogP contribution in [0.15, 0.2) is 48.5 Å². The Bertz CT molecular complexity index is 688. The van der Waals surface area contributed by atoms with E-state index in [1.807, 2.05) is 24.3 Å². The van der Waals surface area contributed by atoms with Gasteiger partial charge in [0, 0.05) is 29.4 Å². The largest absolute Gasteiger partial charge is 0.371 e. The molecule has 2 aromatic rings. The number of hydrogen-bond donors (Lipinski definition) is 1. The van der Waals surface area contributed by atoms with Crippen LogP contribution in [0.3, 0.4) is 0 Å². The van der Waals surface area contributed by atoms with Crippen molar-refractivity contribution in [3.05, 3.63) is 64.7 Å². The molecule has 0 saturated carbocycles. The lowest BCUT2D eigenvalue weighted by molar-refractivity contribution is -0.0208. The summed E-state index contributed by atoms with van der Waals surface area (Å²) in [5.41, 5.74) is 2.41. The minimum atomic E-state index is -0.152. The topological polar surface area (TPSA) is 41.6 Å². The lowest BCUT2D eigenvalue weighted by atomic mass is 10.1. The lowest BCUT2D eigenvalue weighted by Crippen LogP contribution is -2.35. The summed E-state index contributed by atoms with van der Waals surface area (Å²) in [7, 11) is 2.09. The Morgan fingerprint density at radius 1 is 1.26 bits per heavy atom. The van der Waals surface area contributed by atoms with Crippen LogP contribution in [0.4, 0.5) is 5.69 Å². The average molecular weight is 331 g/mol. The lowest BCUT2D eigenvalue weighted by Gasteiger charge is -2.30. The van der Waals surface area contributed by atoms with Crippen LogP contribution in [0, 0.1) is 0 Å². The van der Waals surface area contributed by atoms with Gasteiger partial charge in [-0.2, -0.15) is 0 Å². The van der Waals surface area contributed by atoms with Gasteiger partial charge in [0.05, 0.1) is 12.7 Å². The molecule has 1 aliphatic heterocycles. The zero-order valence-corrected chi connectivity index (χ0v) is 13.7. The zero-order valence-electron chi connectivity index (χ0n) is 13.0. The summed E-state index contributed by atoms with van der Waals surface area (Å²) in [6, 6.07) is 14.6. The fraction of sp³-hybridized carbons (Fsp3) is 0.278. The quantitative estimate of drug-likeness (QED) is 0.935. The molecule has 1 saturated heterocycles. The number of hydrogen-bond acceptors (Lipinski definition) is 3. The standard InChI is InChI=1S/C18H19ClN2O2/c1-21-9-10-23-17(12-21)14-3-2-4-16(11-14)20-18(22)13-5-7-15(19)8-6-13/h2-8,11,17H,9-10,12H2,1H3,(H,20,22). The maximum Gasteiger partial charge on any atom is 0.255 e. The first-order valence-corrected chi connectivity index (χ1v) is 7.96. The predicted molar refractivity (Wildman–Crippen MR) is 92.0 cm³/mol. The van der Waals surface area contributed by atoms with Crippen molar-refractivity contribution in [3.63, 3.8) is 0 Å². The van der Waals surface area contributed by atoms with Crippen molar-refractivity contribution in [2.75, 3.05) is 32.1 Å². The van der Waals surface area contributed by atoms with Crippen molar-refractivity contribution in [2.45, 2.75) is 6.10 Å². The van der Waals surface area contributed by atoms with Crippen molar-refractivity contribution in [1.82, 2.24) is 4.90 Å². The molecule has 1 atom stereocenters. The van der Waals surface area contributed by atoms with Gasteiger partial charge in [0.1, 0.15) is 0 Å². The fourth-order valence-corrected chi connectivity index (χ4v) is 2.73. The number of amides is 1. The molecule has 120 valence electrons. The summed E-state index contributed by atoms with van der Waals surface area (Å²) in [4.78, 5) is 14.5. The van der Waals surface area contributed by atoms with E-state index in [9.17, 15) is 4.79 Å². The first kappa shape index (κ1) is 16.0. The maximum absolute atomic E-state index is 12.3. The van der Waals surface area contributed by atoms with Gasteiger partial charge in [-0.3, -0.25) is 4.79 Å². The maximum atomic E-state index is 12.3. The highest BCUT2D eigenvalue weighted by Crippen LogP contribution is 2.24. The molecule has 1 N–H and O–H groups in total. The molecule has 2 aromatic carbocycles. The second-order valence-corrected chi connectivity index (χ2v) is 6.14. The molecule has 3 rings (SSSR count). The molecule has 1 heterocycles. The summed E-state index contributed by atoms with van der Waals surface area (Å²) in [6.45, 7) is 2.53. The smallest absolute Gasteiger partial charge is 0.255 e. The van der Waals surface area contributed by atoms with Crippen LogP contribution in [0.1, 0.15) is 22.0 Å². The van der Waals surface area contributed by atoms with Gasteiger partial charge < -0.3 is 15.0 Å². The van der Waals surface area contributed by atoms with Crippen molar-refractivity contribution in [3.8, 4) is 0 Å². The Morgan fingerprint density at radius 3 is 2.78 bits per heavy atom. The van der Waals surface area contributed by atoms with Crippen LogP contribution in [0.25, 0.3) is 0 Å². The van der Waals surface area contributed by atoms with Gasteiger partial charge in [-0.15, -0.1) is 0 Å². The number of benzene rings is 2. The number of ether oxygens (including phenoxy) is 1. The summed E-state index contributed by atoms with van der Waals surface area (Å²) < 4.78 is 5.82. The van der Waals surface area contributed by atoms with Gasteiger partial charge in [-0.05, 0) is 49.0 Å². The van der Waals surface area contributed by atoms with Crippen LogP contribution in [0.2, 0.25) is 5.02 Å². The molecule has 4 nitrogen and oxygen atoms in total. The van der Waals surface area contributed by atoms with Crippen molar-refractivity contribution in [1.29, 1.82) is 0 Å². The van der Waals surface area contributed by atoms with Gasteiger partial charge in [0.15, 0.2) is 0 Å². The number of nitrogens with zero attached hydrogens (tertiary/aromatic N) is 1. The molecule has 0 radical (unpaired) electrons. The number of rotatable bonds is 3. The van der Waals surface area contributed by atoms with E-state index in [2.05, 4.69) is 17.3 Å². The number of morpholine rings is 1. The van der Waals surface area contributed by atoms with E-state index < -0.39 is 0 Å². The number of nitrogens with one attached hydrogen (secondary N) is 1. The molecule has 1 fully saturated rings. The minimum Gasteiger partial charge on any atom is -0.371 e. The Kier molecular flexibility index (Phi) is 4.96. The third-order valence-corrected chi connectivity index (χ3v) is 4.14. The van der Waals surface area contributed by atoms with Crippen LogP contribution in [0.5, 0.6) is 0 Å². The van der Waals surface area contributed by atoms with Crippen molar-refractivity contribution in [2.24, 2.45) is 0 Å². The molecule has 0 aliphatic carbocycles. The predicted octanol–water partition coefficient (Wildman–Crippen LogP) is 3.60. The van der Waals surface area contributed by atoms with Crippen LogP contribution in [-0.4, -0.2) is 37.6 Å². The van der Waals surface area contributed by atoms with Crippen LogP contribution < -0.4 is 5.32 Å². The molecule has 0 spiro atoms. The van der Waals surface area contributed by atoms with Gasteiger partial charge in [-0.1, -0.05) is 23.7 Å². The Balaban J connectivity index is 1.72. The summed E-state index contributed by atoms with van der Waals surface area (Å²) in [5, 5.41) is 3.53. The Morgan fingerprint density at radius 2 is 2.04 bits per heavy atom. The van der Waals surface area contributed by atoms with Crippen LogP contribution in [-0.2, 0) is 4.74 Å². The van der Waals surface area contributed by atoms with E-state index in [1.54, 1.807) is 24.3 Å². The second kappa shape index (κ2) is 7.13. The van der Waals surface area contributed by atoms with Crippen molar-refractivity contribution >= 4 is 23.2 Å². The third-order valence-electron chi connectivity index (χ3n) is 3.89. The fourth-order valence-electron chi connectivity index (χ4n) is 2.60. The highest BCUT2D eigenvalue weighted by atomic mass is 35.5. The highest BCUT2D eigenvalue weighted by molar-refractivity contribution is 6.30. The molecule has 0 bridgehead atoms. The monoisotopic (exact) mass is 330 g/mol. The first-order chi connectivity index (χ1) is 11.1. The van der Waals surface area contributed by atoms with Crippen molar-refractivity contribution < 1.29 is 9.53 Å². The zero-order chi connectivity index (χ0) is 16.2. The number of halogens is 1. The first-order valence-electron chi connectivity index (χ1n) is 7.59. The molecular weight excluding hydrogens is 312 g/mol. The minimum absolute atomic E-state index is 0.0427. The molecular formula is C18H19ClN2O2. The van der Waals surface area contributed by atoms with E-state index in [-0.39, 0.29) is 12.0 Å². The Hall–Kier alpha value is -1.88. The highest BCUT2D eigenvalue weighted by Gasteiger charge is 2.19. The van der Waals surface area contributed by atoms with E-state index in [0.29, 0.717) is 10.6 Å². The van der Waals surface area contributed by atoms with E-state index in [1.165, 1.54) is 0 Å². The summed E-state index contributed by atoms with van der Waals surface area (Å²) in [5.74, 6) is -0.152. The van der Waals surface area contributed by atoms with E-state index in [0.717, 1.165) is 30.9 Å². The van der Waals surface area contributed by atoms with Gasteiger partial charge in [0.25, 0.3) is 5.91 Å². The Labute approximate surface area is 141 Å². The molecule has 23 heavy (non-hydrogen) atoms. The molecule has 0 aromatic heterocycles.